The number of rotatable bonds is 5. The Morgan fingerprint density at radius 2 is 1.72 bits per heavy atom. The van der Waals surface area contributed by atoms with Gasteiger partial charge in [-0.3, -0.25) is 13.9 Å². The third-order valence-electron chi connectivity index (χ3n) is 4.72. The summed E-state index contributed by atoms with van der Waals surface area (Å²) in [4.78, 5) is 34.4. The van der Waals surface area contributed by atoms with Gasteiger partial charge in [-0.1, -0.05) is 48.0 Å². The van der Waals surface area contributed by atoms with Crippen LogP contribution in [0.25, 0.3) is 22.4 Å². The van der Waals surface area contributed by atoms with Crippen LogP contribution in [0.4, 0.5) is 0 Å². The van der Waals surface area contributed by atoms with E-state index in [4.69, 9.17) is 4.74 Å². The largest absolute Gasteiger partial charge is 0.492 e. The molecule has 4 aromatic rings. The van der Waals surface area contributed by atoms with Gasteiger partial charge in [0.1, 0.15) is 17.7 Å². The Bertz CT molecular complexity index is 1280. The topological polar surface area (TPSA) is 79.0 Å². The van der Waals surface area contributed by atoms with Crippen LogP contribution in [0.1, 0.15) is 5.56 Å². The molecule has 0 aliphatic carbocycles. The highest BCUT2D eigenvalue weighted by atomic mass is 16.5. The molecule has 0 aliphatic heterocycles. The first kappa shape index (κ1) is 18.6. The Kier molecular flexibility index (Phi) is 4.95. The maximum absolute atomic E-state index is 12.9. The molecule has 0 radical (unpaired) electrons. The monoisotopic (exact) mass is 388 g/mol. The standard InChI is InChI=1S/C22H20N4O3/c1-15-8-10-16(11-9-15)19-23-14-18-20(24-19)25(2)22(28)26(21(18)27)12-13-29-17-6-4-3-5-7-17/h3-11,14H,12-13H2,1-2H3. The summed E-state index contributed by atoms with van der Waals surface area (Å²) in [5.74, 6) is 1.15. The van der Waals surface area contributed by atoms with E-state index in [0.717, 1.165) is 15.7 Å². The molecule has 29 heavy (non-hydrogen) atoms. The van der Waals surface area contributed by atoms with Crippen molar-refractivity contribution >= 4 is 11.0 Å². The molecule has 0 fully saturated rings. The average molecular weight is 388 g/mol. The van der Waals surface area contributed by atoms with Crippen molar-refractivity contribution in [1.29, 1.82) is 0 Å². The van der Waals surface area contributed by atoms with E-state index in [-0.39, 0.29) is 13.2 Å². The van der Waals surface area contributed by atoms with E-state index < -0.39 is 11.2 Å². The zero-order valence-electron chi connectivity index (χ0n) is 16.2. The second-order valence-corrected chi connectivity index (χ2v) is 6.76. The van der Waals surface area contributed by atoms with E-state index in [1.54, 1.807) is 7.05 Å². The molecule has 0 atom stereocenters. The number of aromatic nitrogens is 4. The van der Waals surface area contributed by atoms with Gasteiger partial charge in [-0.05, 0) is 19.1 Å². The molecule has 2 aromatic carbocycles. The van der Waals surface area contributed by atoms with Crippen molar-refractivity contribution in [2.75, 3.05) is 6.61 Å². The lowest BCUT2D eigenvalue weighted by Crippen LogP contribution is -2.40. The van der Waals surface area contributed by atoms with Crippen molar-refractivity contribution in [3.05, 3.63) is 87.2 Å². The van der Waals surface area contributed by atoms with Crippen molar-refractivity contribution in [2.45, 2.75) is 13.5 Å². The maximum atomic E-state index is 12.9. The molecule has 7 nitrogen and oxygen atoms in total. The summed E-state index contributed by atoms with van der Waals surface area (Å²) in [7, 11) is 1.60. The molecule has 0 unspecified atom stereocenters. The van der Waals surface area contributed by atoms with Crippen LogP contribution < -0.4 is 16.0 Å². The van der Waals surface area contributed by atoms with Crippen LogP contribution in [0.3, 0.4) is 0 Å². The minimum atomic E-state index is -0.437. The summed E-state index contributed by atoms with van der Waals surface area (Å²) >= 11 is 0. The Morgan fingerprint density at radius 3 is 2.45 bits per heavy atom. The van der Waals surface area contributed by atoms with Crippen molar-refractivity contribution in [3.8, 4) is 17.1 Å². The van der Waals surface area contributed by atoms with Crippen LogP contribution in [-0.2, 0) is 13.6 Å². The summed E-state index contributed by atoms with van der Waals surface area (Å²) in [6.07, 6.45) is 1.48. The van der Waals surface area contributed by atoms with Crippen LogP contribution >= 0.6 is 0 Å². The number of ether oxygens (including phenoxy) is 1. The number of hydrogen-bond donors (Lipinski definition) is 0. The predicted molar refractivity (Wildman–Crippen MR) is 111 cm³/mol. The first-order valence-electron chi connectivity index (χ1n) is 9.26. The molecule has 146 valence electrons. The van der Waals surface area contributed by atoms with Gasteiger partial charge in [0.25, 0.3) is 5.56 Å². The van der Waals surface area contributed by atoms with Gasteiger partial charge in [-0.2, -0.15) is 0 Å². The quantitative estimate of drug-likeness (QED) is 0.525. The maximum Gasteiger partial charge on any atom is 0.332 e. The molecule has 0 N–H and O–H groups in total. The molecular weight excluding hydrogens is 368 g/mol. The van der Waals surface area contributed by atoms with E-state index in [9.17, 15) is 9.59 Å². The molecule has 0 aliphatic rings. The van der Waals surface area contributed by atoms with Crippen molar-refractivity contribution < 1.29 is 4.74 Å². The highest BCUT2D eigenvalue weighted by Crippen LogP contribution is 2.17. The second-order valence-electron chi connectivity index (χ2n) is 6.76. The highest BCUT2D eigenvalue weighted by molar-refractivity contribution is 5.75. The molecule has 2 heterocycles. The van der Waals surface area contributed by atoms with E-state index in [2.05, 4.69) is 9.97 Å². The fraction of sp³-hybridized carbons (Fsp3) is 0.182. The van der Waals surface area contributed by atoms with E-state index >= 15 is 0 Å². The van der Waals surface area contributed by atoms with Gasteiger partial charge in [0, 0.05) is 18.8 Å². The molecule has 0 amide bonds. The zero-order valence-corrected chi connectivity index (χ0v) is 16.2. The third-order valence-corrected chi connectivity index (χ3v) is 4.72. The smallest absolute Gasteiger partial charge is 0.332 e. The first-order valence-corrected chi connectivity index (χ1v) is 9.26. The molecule has 4 rings (SSSR count). The van der Waals surface area contributed by atoms with E-state index in [1.165, 1.54) is 10.8 Å². The molecule has 0 spiro atoms. The van der Waals surface area contributed by atoms with Gasteiger partial charge in [-0.25, -0.2) is 14.8 Å². The molecule has 0 saturated carbocycles. The number of para-hydroxylation sites is 1. The van der Waals surface area contributed by atoms with E-state index in [0.29, 0.717) is 22.6 Å². The van der Waals surface area contributed by atoms with Crippen LogP contribution in [-0.4, -0.2) is 25.7 Å². The van der Waals surface area contributed by atoms with Gasteiger partial charge in [-0.15, -0.1) is 0 Å². The van der Waals surface area contributed by atoms with Gasteiger partial charge < -0.3 is 4.74 Å². The molecule has 7 heteroatoms. The lowest BCUT2D eigenvalue weighted by Gasteiger charge is -2.11. The first-order chi connectivity index (χ1) is 14.0. The Hall–Kier alpha value is -3.74. The van der Waals surface area contributed by atoms with E-state index in [1.807, 2.05) is 61.5 Å². The summed E-state index contributed by atoms with van der Waals surface area (Å²) in [6.45, 7) is 2.34. The van der Waals surface area contributed by atoms with Crippen molar-refractivity contribution in [2.24, 2.45) is 7.05 Å². The summed E-state index contributed by atoms with van der Waals surface area (Å²) < 4.78 is 8.15. The number of fused-ring (bicyclic) bond motifs is 1. The highest BCUT2D eigenvalue weighted by Gasteiger charge is 2.14. The summed E-state index contributed by atoms with van der Waals surface area (Å²) in [5, 5.41) is 0.294. The van der Waals surface area contributed by atoms with Crippen LogP contribution in [0.15, 0.2) is 70.4 Å². The number of nitrogens with zero attached hydrogens (tertiary/aromatic N) is 4. The second kappa shape index (κ2) is 7.71. The van der Waals surface area contributed by atoms with Gasteiger partial charge >= 0.3 is 5.69 Å². The average Bonchev–Trinajstić information content (AvgIpc) is 2.75. The minimum Gasteiger partial charge on any atom is -0.492 e. The normalized spacial score (nSPS) is 11.0. The van der Waals surface area contributed by atoms with Crippen LogP contribution in [0.2, 0.25) is 0 Å². The minimum absolute atomic E-state index is 0.135. The Labute approximate surface area is 166 Å². The van der Waals surface area contributed by atoms with Crippen LogP contribution in [0, 0.1) is 6.92 Å². The fourth-order valence-electron chi connectivity index (χ4n) is 3.09. The molecule has 0 bridgehead atoms. The van der Waals surface area contributed by atoms with Crippen molar-refractivity contribution in [1.82, 2.24) is 19.1 Å². The van der Waals surface area contributed by atoms with Crippen molar-refractivity contribution in [3.63, 3.8) is 0 Å². The lowest BCUT2D eigenvalue weighted by molar-refractivity contribution is 0.293. The van der Waals surface area contributed by atoms with Crippen LogP contribution in [0.5, 0.6) is 5.75 Å². The van der Waals surface area contributed by atoms with Gasteiger partial charge in [0.15, 0.2) is 11.5 Å². The summed E-state index contributed by atoms with van der Waals surface area (Å²) in [5.41, 5.74) is 1.40. The lowest BCUT2D eigenvalue weighted by atomic mass is 10.1. The number of hydrogen-bond acceptors (Lipinski definition) is 5. The molecule has 2 aromatic heterocycles. The van der Waals surface area contributed by atoms with Gasteiger partial charge in [0.2, 0.25) is 0 Å². The number of aryl methyl sites for hydroxylation is 2. The SMILES string of the molecule is Cc1ccc(-c2ncc3c(=O)n(CCOc4ccccc4)c(=O)n(C)c3n2)cc1. The number of benzene rings is 2. The zero-order chi connectivity index (χ0) is 20.4. The fourth-order valence-corrected chi connectivity index (χ4v) is 3.09. The van der Waals surface area contributed by atoms with Gasteiger partial charge in [0.05, 0.1) is 6.54 Å². The Balaban J connectivity index is 1.69. The third kappa shape index (κ3) is 3.67. The molecular formula is C22H20N4O3. The molecule has 0 saturated heterocycles. The Morgan fingerprint density at radius 1 is 1.00 bits per heavy atom. The predicted octanol–water partition coefficient (Wildman–Crippen LogP) is 2.54. The summed E-state index contributed by atoms with van der Waals surface area (Å²) in [6, 6.07) is 17.0.